The van der Waals surface area contributed by atoms with E-state index in [4.69, 9.17) is 4.74 Å². The summed E-state index contributed by atoms with van der Waals surface area (Å²) < 4.78 is 9.96. The first-order valence-corrected chi connectivity index (χ1v) is 5.56. The molecule has 0 heterocycles. The van der Waals surface area contributed by atoms with Gasteiger partial charge < -0.3 is 9.47 Å². The molecule has 1 aromatic rings. The lowest BCUT2D eigenvalue weighted by molar-refractivity contribution is 0.200. The van der Waals surface area contributed by atoms with Gasteiger partial charge in [-0.25, -0.2) is 4.79 Å². The Kier molecular flexibility index (Phi) is 5.04. The summed E-state index contributed by atoms with van der Waals surface area (Å²) in [7, 11) is 1.37. The normalized spacial score (nSPS) is 9.73. The van der Waals surface area contributed by atoms with E-state index >= 15 is 0 Å². The van der Waals surface area contributed by atoms with Crippen LogP contribution in [0, 0.1) is 0 Å². The van der Waals surface area contributed by atoms with Crippen molar-refractivity contribution in [2.45, 2.75) is 18.2 Å². The minimum Gasteiger partial charge on any atom is -0.494 e. The Morgan fingerprint density at radius 1 is 1.33 bits per heavy atom. The molecule has 0 saturated heterocycles. The van der Waals surface area contributed by atoms with Gasteiger partial charge in [-0.2, -0.15) is 0 Å². The summed E-state index contributed by atoms with van der Waals surface area (Å²) in [5, 5.41) is -0.308. The van der Waals surface area contributed by atoms with Crippen LogP contribution in [-0.4, -0.2) is 19.0 Å². The highest BCUT2D eigenvalue weighted by Gasteiger charge is 2.03. The third kappa shape index (κ3) is 4.25. The van der Waals surface area contributed by atoms with Crippen LogP contribution in [0.15, 0.2) is 29.2 Å². The van der Waals surface area contributed by atoms with E-state index in [0.29, 0.717) is 6.61 Å². The highest BCUT2D eigenvalue weighted by molar-refractivity contribution is 8.13. The molecule has 0 atom stereocenters. The molecule has 82 valence electrons. The van der Waals surface area contributed by atoms with Crippen molar-refractivity contribution in [2.75, 3.05) is 13.7 Å². The summed E-state index contributed by atoms with van der Waals surface area (Å²) >= 11 is 1.06. The maximum atomic E-state index is 10.9. The van der Waals surface area contributed by atoms with E-state index in [1.165, 1.54) is 7.11 Å². The monoisotopic (exact) mass is 226 g/mol. The lowest BCUT2D eigenvalue weighted by atomic mass is 10.3. The van der Waals surface area contributed by atoms with Crippen LogP contribution in [0.5, 0.6) is 5.75 Å². The van der Waals surface area contributed by atoms with Gasteiger partial charge in [-0.1, -0.05) is 6.92 Å². The average molecular weight is 226 g/mol. The quantitative estimate of drug-likeness (QED) is 0.582. The van der Waals surface area contributed by atoms with Gasteiger partial charge in [-0.3, -0.25) is 0 Å². The van der Waals surface area contributed by atoms with Crippen molar-refractivity contribution >= 4 is 17.1 Å². The summed E-state index contributed by atoms with van der Waals surface area (Å²) in [6.07, 6.45) is 0.985. The van der Waals surface area contributed by atoms with Gasteiger partial charge in [0, 0.05) is 4.90 Å². The standard InChI is InChI=1S/C11H14O3S/c1-3-8-14-9-4-6-10(7-5-9)15-11(12)13-2/h4-7H,3,8H2,1-2H3. The Morgan fingerprint density at radius 2 is 2.00 bits per heavy atom. The van der Waals surface area contributed by atoms with E-state index in [1.807, 2.05) is 24.3 Å². The second kappa shape index (κ2) is 6.35. The van der Waals surface area contributed by atoms with Crippen molar-refractivity contribution in [3.63, 3.8) is 0 Å². The van der Waals surface area contributed by atoms with Crippen molar-refractivity contribution in [1.29, 1.82) is 0 Å². The number of carbonyl (C=O) groups excluding carboxylic acids is 1. The van der Waals surface area contributed by atoms with Gasteiger partial charge in [0.25, 0.3) is 0 Å². The van der Waals surface area contributed by atoms with Crippen LogP contribution in [0.2, 0.25) is 0 Å². The van der Waals surface area contributed by atoms with Crippen molar-refractivity contribution < 1.29 is 14.3 Å². The van der Waals surface area contributed by atoms with Crippen LogP contribution in [-0.2, 0) is 4.74 Å². The molecule has 0 spiro atoms. The number of thioether (sulfide) groups is 1. The molecule has 3 nitrogen and oxygen atoms in total. The minimum atomic E-state index is -0.308. The van der Waals surface area contributed by atoms with Crippen molar-refractivity contribution in [3.05, 3.63) is 24.3 Å². The Labute approximate surface area is 93.8 Å². The number of benzene rings is 1. The van der Waals surface area contributed by atoms with E-state index in [2.05, 4.69) is 11.7 Å². The van der Waals surface area contributed by atoms with Gasteiger partial charge in [0.2, 0.25) is 0 Å². The van der Waals surface area contributed by atoms with E-state index < -0.39 is 0 Å². The number of ether oxygens (including phenoxy) is 2. The van der Waals surface area contributed by atoms with Gasteiger partial charge in [0.05, 0.1) is 13.7 Å². The third-order valence-electron chi connectivity index (χ3n) is 1.66. The van der Waals surface area contributed by atoms with Crippen molar-refractivity contribution in [1.82, 2.24) is 0 Å². The third-order valence-corrected chi connectivity index (χ3v) is 2.51. The Morgan fingerprint density at radius 3 is 2.53 bits per heavy atom. The maximum Gasteiger partial charge on any atom is 0.371 e. The average Bonchev–Trinajstić information content (AvgIpc) is 2.28. The highest BCUT2D eigenvalue weighted by atomic mass is 32.2. The SMILES string of the molecule is CCCOc1ccc(SC(=O)OC)cc1. The first-order valence-electron chi connectivity index (χ1n) is 4.75. The number of rotatable bonds is 4. The molecule has 0 unspecified atom stereocenters. The van der Waals surface area contributed by atoms with Crippen LogP contribution in [0.3, 0.4) is 0 Å². The smallest absolute Gasteiger partial charge is 0.371 e. The first kappa shape index (κ1) is 11.9. The molecule has 0 saturated carbocycles. The summed E-state index contributed by atoms with van der Waals surface area (Å²) in [5.74, 6) is 0.825. The van der Waals surface area contributed by atoms with Crippen LogP contribution >= 0.6 is 11.8 Å². The van der Waals surface area contributed by atoms with E-state index in [0.717, 1.165) is 28.8 Å². The molecule has 0 fully saturated rings. The number of hydrogen-bond acceptors (Lipinski definition) is 4. The maximum absolute atomic E-state index is 10.9. The van der Waals surface area contributed by atoms with Crippen LogP contribution in [0.4, 0.5) is 4.79 Å². The van der Waals surface area contributed by atoms with Crippen molar-refractivity contribution in [3.8, 4) is 5.75 Å². The minimum absolute atomic E-state index is 0.308. The number of methoxy groups -OCH3 is 1. The Bertz CT molecular complexity index is 308. The zero-order valence-corrected chi connectivity index (χ0v) is 9.67. The molecule has 0 bridgehead atoms. The van der Waals surface area contributed by atoms with E-state index in [9.17, 15) is 4.79 Å². The molecular formula is C11H14O3S. The molecule has 0 aliphatic rings. The van der Waals surface area contributed by atoms with Gasteiger partial charge in [-0.05, 0) is 42.4 Å². The van der Waals surface area contributed by atoms with Gasteiger partial charge in [-0.15, -0.1) is 0 Å². The Balaban J connectivity index is 2.52. The summed E-state index contributed by atoms with van der Waals surface area (Å²) in [6, 6.07) is 7.38. The predicted molar refractivity (Wildman–Crippen MR) is 60.5 cm³/mol. The Hall–Kier alpha value is -1.16. The molecule has 1 rings (SSSR count). The van der Waals surface area contributed by atoms with Crippen LogP contribution in [0.25, 0.3) is 0 Å². The molecule has 4 heteroatoms. The van der Waals surface area contributed by atoms with Gasteiger partial charge >= 0.3 is 5.30 Å². The number of hydrogen-bond donors (Lipinski definition) is 0. The summed E-state index contributed by atoms with van der Waals surface area (Å²) in [5.41, 5.74) is 0. The van der Waals surface area contributed by atoms with Crippen LogP contribution in [0.1, 0.15) is 13.3 Å². The summed E-state index contributed by atoms with van der Waals surface area (Å²) in [6.45, 7) is 2.77. The second-order valence-corrected chi connectivity index (χ2v) is 3.88. The lowest BCUT2D eigenvalue weighted by Gasteiger charge is -2.04. The topological polar surface area (TPSA) is 35.5 Å². The molecule has 0 amide bonds. The van der Waals surface area contributed by atoms with Gasteiger partial charge in [0.15, 0.2) is 0 Å². The molecule has 0 N–H and O–H groups in total. The molecule has 1 aromatic carbocycles. The van der Waals surface area contributed by atoms with Crippen molar-refractivity contribution in [2.24, 2.45) is 0 Å². The molecule has 0 radical (unpaired) electrons. The fourth-order valence-corrected chi connectivity index (χ4v) is 1.51. The highest BCUT2D eigenvalue weighted by Crippen LogP contribution is 2.22. The molecular weight excluding hydrogens is 212 g/mol. The predicted octanol–water partition coefficient (Wildman–Crippen LogP) is 3.33. The first-order chi connectivity index (χ1) is 7.26. The van der Waals surface area contributed by atoms with Gasteiger partial charge in [0.1, 0.15) is 5.75 Å². The van der Waals surface area contributed by atoms with E-state index in [1.54, 1.807) is 0 Å². The second-order valence-electron chi connectivity index (χ2n) is 2.88. The zero-order valence-electron chi connectivity index (χ0n) is 8.86. The lowest BCUT2D eigenvalue weighted by Crippen LogP contribution is -1.94. The molecule has 0 aromatic heterocycles. The zero-order chi connectivity index (χ0) is 11.1. The summed E-state index contributed by atoms with van der Waals surface area (Å²) in [4.78, 5) is 11.8. The van der Waals surface area contributed by atoms with Crippen LogP contribution < -0.4 is 4.74 Å². The molecule has 15 heavy (non-hydrogen) atoms. The molecule has 0 aliphatic carbocycles. The number of carbonyl (C=O) groups is 1. The molecule has 0 aliphatic heterocycles. The van der Waals surface area contributed by atoms with E-state index in [-0.39, 0.29) is 5.30 Å². The fourth-order valence-electron chi connectivity index (χ4n) is 0.962. The largest absolute Gasteiger partial charge is 0.494 e. The fraction of sp³-hybridized carbons (Fsp3) is 0.364.